The van der Waals surface area contributed by atoms with Gasteiger partial charge in [0.1, 0.15) is 5.82 Å². The van der Waals surface area contributed by atoms with Gasteiger partial charge in [0.25, 0.3) is 0 Å². The monoisotopic (exact) mass is 209 g/mol. The largest absolute Gasteiger partial charge is 0.381 e. The zero-order valence-electron chi connectivity index (χ0n) is 9.28. The van der Waals surface area contributed by atoms with Crippen LogP contribution in [0.4, 0.5) is 0 Å². The number of hydrogen-bond donors (Lipinski definition) is 1. The molecule has 1 fully saturated rings. The van der Waals surface area contributed by atoms with Crippen LogP contribution in [0.1, 0.15) is 30.3 Å². The van der Waals surface area contributed by atoms with E-state index in [2.05, 4.69) is 16.6 Å². The summed E-state index contributed by atoms with van der Waals surface area (Å²) in [4.78, 5) is 4.42. The lowest BCUT2D eigenvalue weighted by atomic mass is 9.97. The van der Waals surface area contributed by atoms with E-state index in [0.717, 1.165) is 38.3 Å². The van der Waals surface area contributed by atoms with Gasteiger partial charge < -0.3 is 15.0 Å². The fraction of sp³-hybridized carbons (Fsp3) is 0.727. The third kappa shape index (κ3) is 2.21. The molecule has 0 spiro atoms. The highest BCUT2D eigenvalue weighted by Crippen LogP contribution is 2.26. The molecule has 0 radical (unpaired) electrons. The molecule has 1 aliphatic heterocycles. The molecule has 15 heavy (non-hydrogen) atoms. The van der Waals surface area contributed by atoms with Crippen LogP contribution < -0.4 is 5.73 Å². The zero-order valence-corrected chi connectivity index (χ0v) is 9.28. The van der Waals surface area contributed by atoms with Crippen LogP contribution in [0, 0.1) is 0 Å². The SMILES string of the molecule is Cn1c(C2CCOCC2)cnc1CCN. The third-order valence-corrected chi connectivity index (χ3v) is 3.13. The minimum atomic E-state index is 0.614. The lowest BCUT2D eigenvalue weighted by Gasteiger charge is -2.22. The van der Waals surface area contributed by atoms with Crippen LogP contribution >= 0.6 is 0 Å². The summed E-state index contributed by atoms with van der Waals surface area (Å²) >= 11 is 0. The van der Waals surface area contributed by atoms with Crippen molar-refractivity contribution < 1.29 is 4.74 Å². The van der Waals surface area contributed by atoms with Gasteiger partial charge in [0.2, 0.25) is 0 Å². The molecule has 1 aromatic rings. The lowest BCUT2D eigenvalue weighted by molar-refractivity contribution is 0.0839. The summed E-state index contributed by atoms with van der Waals surface area (Å²) in [5, 5.41) is 0. The average Bonchev–Trinajstić information content (AvgIpc) is 2.63. The third-order valence-electron chi connectivity index (χ3n) is 3.13. The fourth-order valence-electron chi connectivity index (χ4n) is 2.20. The predicted octanol–water partition coefficient (Wildman–Crippen LogP) is 0.815. The maximum absolute atomic E-state index is 5.54. The molecule has 1 aromatic heterocycles. The molecule has 0 saturated carbocycles. The van der Waals surface area contributed by atoms with Crippen molar-refractivity contribution in [1.29, 1.82) is 0 Å². The molecule has 0 amide bonds. The summed E-state index contributed by atoms with van der Waals surface area (Å²) in [5.41, 5.74) is 6.88. The highest BCUT2D eigenvalue weighted by atomic mass is 16.5. The van der Waals surface area contributed by atoms with Crippen LogP contribution in [-0.4, -0.2) is 29.3 Å². The first kappa shape index (κ1) is 10.6. The number of rotatable bonds is 3. The Hall–Kier alpha value is -0.870. The Morgan fingerprint density at radius 1 is 1.53 bits per heavy atom. The Morgan fingerprint density at radius 3 is 2.93 bits per heavy atom. The van der Waals surface area contributed by atoms with Gasteiger partial charge in [-0.05, 0) is 19.4 Å². The Morgan fingerprint density at radius 2 is 2.27 bits per heavy atom. The van der Waals surface area contributed by atoms with Crippen LogP contribution in [0.25, 0.3) is 0 Å². The minimum Gasteiger partial charge on any atom is -0.381 e. The molecule has 4 heteroatoms. The number of nitrogens with two attached hydrogens (primary N) is 1. The molecule has 0 bridgehead atoms. The molecule has 1 saturated heterocycles. The first-order chi connectivity index (χ1) is 7.33. The summed E-state index contributed by atoms with van der Waals surface area (Å²) in [7, 11) is 2.09. The Balaban J connectivity index is 2.13. The molecule has 0 aliphatic carbocycles. The van der Waals surface area contributed by atoms with Crippen molar-refractivity contribution in [2.45, 2.75) is 25.2 Å². The summed E-state index contributed by atoms with van der Waals surface area (Å²) in [6, 6.07) is 0. The van der Waals surface area contributed by atoms with Crippen molar-refractivity contribution in [2.24, 2.45) is 12.8 Å². The van der Waals surface area contributed by atoms with Crippen molar-refractivity contribution in [3.8, 4) is 0 Å². The maximum atomic E-state index is 5.54. The topological polar surface area (TPSA) is 53.1 Å². The number of aromatic nitrogens is 2. The average molecular weight is 209 g/mol. The van der Waals surface area contributed by atoms with Gasteiger partial charge in [-0.25, -0.2) is 4.98 Å². The van der Waals surface area contributed by atoms with Gasteiger partial charge in [-0.3, -0.25) is 0 Å². The van der Waals surface area contributed by atoms with E-state index in [1.165, 1.54) is 5.69 Å². The summed E-state index contributed by atoms with van der Waals surface area (Å²) in [6.45, 7) is 2.42. The minimum absolute atomic E-state index is 0.614. The van der Waals surface area contributed by atoms with Crippen molar-refractivity contribution in [3.63, 3.8) is 0 Å². The quantitative estimate of drug-likeness (QED) is 0.801. The summed E-state index contributed by atoms with van der Waals surface area (Å²) in [5.74, 6) is 1.71. The molecule has 0 atom stereocenters. The molecule has 2 heterocycles. The van der Waals surface area contributed by atoms with E-state index in [0.29, 0.717) is 12.5 Å². The van der Waals surface area contributed by atoms with Crippen molar-refractivity contribution in [1.82, 2.24) is 9.55 Å². The summed E-state index contributed by atoms with van der Waals surface area (Å²) in [6.07, 6.45) is 5.09. The number of imidazole rings is 1. The highest BCUT2D eigenvalue weighted by molar-refractivity contribution is 5.11. The van der Waals surface area contributed by atoms with E-state index in [4.69, 9.17) is 10.5 Å². The smallest absolute Gasteiger partial charge is 0.109 e. The van der Waals surface area contributed by atoms with Crippen LogP contribution in [0.15, 0.2) is 6.20 Å². The van der Waals surface area contributed by atoms with Crippen molar-refractivity contribution in [3.05, 3.63) is 17.7 Å². The fourth-order valence-corrected chi connectivity index (χ4v) is 2.20. The van der Waals surface area contributed by atoms with Crippen LogP contribution in [-0.2, 0) is 18.2 Å². The van der Waals surface area contributed by atoms with Crippen LogP contribution in [0.3, 0.4) is 0 Å². The predicted molar refractivity (Wildman–Crippen MR) is 58.8 cm³/mol. The van der Waals surface area contributed by atoms with Crippen molar-refractivity contribution in [2.75, 3.05) is 19.8 Å². The Bertz CT molecular complexity index is 316. The summed E-state index contributed by atoms with van der Waals surface area (Å²) < 4.78 is 7.56. The number of nitrogens with zero attached hydrogens (tertiary/aromatic N) is 2. The van der Waals surface area contributed by atoms with Crippen LogP contribution in [0.5, 0.6) is 0 Å². The number of ether oxygens (including phenoxy) is 1. The lowest BCUT2D eigenvalue weighted by Crippen LogP contribution is -2.17. The molecule has 4 nitrogen and oxygen atoms in total. The van der Waals surface area contributed by atoms with E-state index in [-0.39, 0.29) is 0 Å². The van der Waals surface area contributed by atoms with E-state index in [1.807, 2.05) is 6.20 Å². The molecular weight excluding hydrogens is 190 g/mol. The van der Waals surface area contributed by atoms with E-state index in [1.54, 1.807) is 0 Å². The highest BCUT2D eigenvalue weighted by Gasteiger charge is 2.19. The molecule has 0 aromatic carbocycles. The van der Waals surface area contributed by atoms with Gasteiger partial charge >= 0.3 is 0 Å². The Kier molecular flexibility index (Phi) is 3.38. The molecule has 2 N–H and O–H groups in total. The van der Waals surface area contributed by atoms with Gasteiger partial charge in [-0.2, -0.15) is 0 Å². The van der Waals surface area contributed by atoms with Gasteiger partial charge in [-0.1, -0.05) is 0 Å². The van der Waals surface area contributed by atoms with Crippen LogP contribution in [0.2, 0.25) is 0 Å². The van der Waals surface area contributed by atoms with Gasteiger partial charge in [0, 0.05) is 44.5 Å². The molecular formula is C11H19N3O. The molecule has 2 rings (SSSR count). The standard InChI is InChI=1S/C11H19N3O/c1-14-10(8-13-11(14)2-5-12)9-3-6-15-7-4-9/h8-9H,2-7,12H2,1H3. The van der Waals surface area contributed by atoms with Gasteiger partial charge in [0.15, 0.2) is 0 Å². The first-order valence-electron chi connectivity index (χ1n) is 5.61. The second kappa shape index (κ2) is 4.77. The van der Waals surface area contributed by atoms with Gasteiger partial charge in [-0.15, -0.1) is 0 Å². The van der Waals surface area contributed by atoms with Crippen molar-refractivity contribution >= 4 is 0 Å². The first-order valence-corrected chi connectivity index (χ1v) is 5.61. The van der Waals surface area contributed by atoms with E-state index in [9.17, 15) is 0 Å². The maximum Gasteiger partial charge on any atom is 0.109 e. The second-order valence-corrected chi connectivity index (χ2v) is 4.08. The zero-order chi connectivity index (χ0) is 10.7. The van der Waals surface area contributed by atoms with E-state index >= 15 is 0 Å². The molecule has 84 valence electrons. The molecule has 1 aliphatic rings. The second-order valence-electron chi connectivity index (χ2n) is 4.08. The normalized spacial score (nSPS) is 18.3. The van der Waals surface area contributed by atoms with Gasteiger partial charge in [0.05, 0.1) is 0 Å². The molecule has 0 unspecified atom stereocenters. The number of hydrogen-bond acceptors (Lipinski definition) is 3. The Labute approximate surface area is 90.4 Å². The van der Waals surface area contributed by atoms with E-state index < -0.39 is 0 Å².